The van der Waals surface area contributed by atoms with Crippen molar-refractivity contribution in [1.82, 2.24) is 0 Å². The molecule has 168 valence electrons. The third-order valence-corrected chi connectivity index (χ3v) is 7.25. The van der Waals surface area contributed by atoms with E-state index in [2.05, 4.69) is 5.32 Å². The van der Waals surface area contributed by atoms with Crippen molar-refractivity contribution in [2.75, 3.05) is 16.2 Å². The molecule has 7 heteroatoms. The van der Waals surface area contributed by atoms with E-state index in [-0.39, 0.29) is 17.4 Å². The van der Waals surface area contributed by atoms with Gasteiger partial charge in [-0.3, -0.25) is 9.10 Å². The molecule has 0 aliphatic rings. The normalized spacial score (nSPS) is 11.4. The highest BCUT2D eigenvalue weighted by Crippen LogP contribution is 2.30. The van der Waals surface area contributed by atoms with Crippen LogP contribution in [-0.4, -0.2) is 20.9 Å². The number of para-hydroxylation sites is 1. The molecule has 0 aromatic heterocycles. The van der Waals surface area contributed by atoms with Gasteiger partial charge in [0.25, 0.3) is 10.0 Å². The third kappa shape index (κ3) is 5.14. The van der Waals surface area contributed by atoms with Crippen molar-refractivity contribution in [3.05, 3.63) is 88.4 Å². The van der Waals surface area contributed by atoms with E-state index < -0.39 is 15.9 Å². The fourth-order valence-corrected chi connectivity index (χ4v) is 5.30. The number of aryl methyl sites for hydroxylation is 2. The molecular formula is C25H27ClN2O3S. The number of rotatable bonds is 7. The maximum absolute atomic E-state index is 13.5. The second kappa shape index (κ2) is 9.76. The van der Waals surface area contributed by atoms with Crippen LogP contribution in [0.15, 0.2) is 71.6 Å². The minimum Gasteiger partial charge on any atom is -0.324 e. The zero-order valence-corrected chi connectivity index (χ0v) is 20.2. The van der Waals surface area contributed by atoms with Crippen LogP contribution in [0.2, 0.25) is 5.02 Å². The van der Waals surface area contributed by atoms with Crippen LogP contribution in [-0.2, 0) is 14.8 Å². The Hall–Kier alpha value is -2.83. The van der Waals surface area contributed by atoms with Crippen molar-refractivity contribution < 1.29 is 13.2 Å². The van der Waals surface area contributed by atoms with E-state index in [9.17, 15) is 13.2 Å². The molecular weight excluding hydrogens is 444 g/mol. The smallest absolute Gasteiger partial charge is 0.264 e. The largest absolute Gasteiger partial charge is 0.324 e. The Morgan fingerprint density at radius 1 is 0.969 bits per heavy atom. The Kier molecular flexibility index (Phi) is 7.26. The molecule has 1 N–H and O–H groups in total. The predicted molar refractivity (Wildman–Crippen MR) is 131 cm³/mol. The van der Waals surface area contributed by atoms with Gasteiger partial charge in [-0.15, -0.1) is 0 Å². The molecule has 0 fully saturated rings. The Morgan fingerprint density at radius 2 is 1.66 bits per heavy atom. The number of carbonyl (C=O) groups excluding carboxylic acids is 1. The maximum Gasteiger partial charge on any atom is 0.264 e. The molecule has 3 aromatic carbocycles. The van der Waals surface area contributed by atoms with Gasteiger partial charge in [0.1, 0.15) is 6.54 Å². The van der Waals surface area contributed by atoms with Crippen LogP contribution in [0.1, 0.15) is 36.5 Å². The van der Waals surface area contributed by atoms with E-state index in [1.54, 1.807) is 43.3 Å². The number of anilines is 2. The highest BCUT2D eigenvalue weighted by molar-refractivity contribution is 7.92. The molecule has 0 unspecified atom stereocenters. The number of amides is 1. The number of sulfonamides is 1. The van der Waals surface area contributed by atoms with Gasteiger partial charge < -0.3 is 5.32 Å². The molecule has 0 bridgehead atoms. The zero-order chi connectivity index (χ0) is 23.5. The van der Waals surface area contributed by atoms with Crippen molar-refractivity contribution in [2.24, 2.45) is 0 Å². The lowest BCUT2D eigenvalue weighted by molar-refractivity contribution is -0.114. The van der Waals surface area contributed by atoms with Gasteiger partial charge in [0, 0.05) is 10.7 Å². The van der Waals surface area contributed by atoms with Gasteiger partial charge in [-0.05, 0) is 66.8 Å². The minimum absolute atomic E-state index is 0.112. The Balaban J connectivity index is 2.01. The SMILES string of the molecule is Cc1cc(Cl)ccc1N(CC(=O)Nc1c(C)cccc1C(C)C)S(=O)(=O)c1ccccc1. The van der Waals surface area contributed by atoms with Crippen molar-refractivity contribution in [3.8, 4) is 0 Å². The first-order valence-corrected chi connectivity index (χ1v) is 12.2. The lowest BCUT2D eigenvalue weighted by Gasteiger charge is -2.26. The molecule has 0 radical (unpaired) electrons. The first-order chi connectivity index (χ1) is 15.1. The Bertz CT molecular complexity index is 1230. The average molecular weight is 471 g/mol. The summed E-state index contributed by atoms with van der Waals surface area (Å²) in [5.41, 5.74) is 3.70. The average Bonchev–Trinajstić information content (AvgIpc) is 2.74. The molecule has 0 heterocycles. The summed E-state index contributed by atoms with van der Waals surface area (Å²) in [4.78, 5) is 13.2. The van der Waals surface area contributed by atoms with Crippen LogP contribution < -0.4 is 9.62 Å². The monoisotopic (exact) mass is 470 g/mol. The minimum atomic E-state index is -3.98. The van der Waals surface area contributed by atoms with E-state index in [0.717, 1.165) is 21.1 Å². The standard InChI is InChI=1S/C25H27ClN2O3S/c1-17(2)22-12-8-9-18(3)25(22)27-24(29)16-28(23-14-13-20(26)15-19(23)4)32(30,31)21-10-6-5-7-11-21/h5-15,17H,16H2,1-4H3,(H,27,29). The summed E-state index contributed by atoms with van der Waals surface area (Å²) in [6, 6.07) is 18.8. The Morgan fingerprint density at radius 3 is 2.28 bits per heavy atom. The summed E-state index contributed by atoms with van der Waals surface area (Å²) >= 11 is 6.08. The number of benzene rings is 3. The summed E-state index contributed by atoms with van der Waals surface area (Å²) < 4.78 is 28.2. The van der Waals surface area contributed by atoms with Crippen LogP contribution >= 0.6 is 11.6 Å². The number of nitrogens with zero attached hydrogens (tertiary/aromatic N) is 1. The van der Waals surface area contributed by atoms with Crippen LogP contribution in [0.5, 0.6) is 0 Å². The fourth-order valence-electron chi connectivity index (χ4n) is 3.57. The quantitative estimate of drug-likeness (QED) is 0.466. The second-order valence-electron chi connectivity index (χ2n) is 8.00. The third-order valence-electron chi connectivity index (χ3n) is 5.24. The summed E-state index contributed by atoms with van der Waals surface area (Å²) in [5, 5.41) is 3.44. The molecule has 0 spiro atoms. The number of carbonyl (C=O) groups is 1. The van der Waals surface area contributed by atoms with Crippen molar-refractivity contribution in [2.45, 2.75) is 38.5 Å². The van der Waals surface area contributed by atoms with Crippen LogP contribution in [0.4, 0.5) is 11.4 Å². The number of nitrogens with one attached hydrogen (secondary N) is 1. The van der Waals surface area contributed by atoms with Crippen molar-refractivity contribution in [3.63, 3.8) is 0 Å². The topological polar surface area (TPSA) is 66.5 Å². The van der Waals surface area contributed by atoms with Gasteiger partial charge in [0.15, 0.2) is 0 Å². The van der Waals surface area contributed by atoms with Crippen molar-refractivity contribution >= 4 is 38.9 Å². The first-order valence-electron chi connectivity index (χ1n) is 10.3. The molecule has 0 aliphatic heterocycles. The lowest BCUT2D eigenvalue weighted by Crippen LogP contribution is -2.38. The molecule has 3 aromatic rings. The number of halogens is 1. The summed E-state index contributed by atoms with van der Waals surface area (Å²) in [5.74, 6) is -0.220. The van der Waals surface area contributed by atoms with Crippen molar-refractivity contribution in [1.29, 1.82) is 0 Å². The lowest BCUT2D eigenvalue weighted by atomic mass is 9.98. The number of hydrogen-bond acceptors (Lipinski definition) is 3. The van der Waals surface area contributed by atoms with E-state index >= 15 is 0 Å². The second-order valence-corrected chi connectivity index (χ2v) is 10.3. The molecule has 0 saturated carbocycles. The summed E-state index contributed by atoms with van der Waals surface area (Å²) in [6.45, 7) is 7.42. The van der Waals surface area contributed by atoms with E-state index in [1.165, 1.54) is 12.1 Å². The molecule has 5 nitrogen and oxygen atoms in total. The Labute approximate surface area is 195 Å². The molecule has 1 amide bonds. The van der Waals surface area contributed by atoms with Gasteiger partial charge in [-0.25, -0.2) is 8.42 Å². The number of hydrogen-bond donors (Lipinski definition) is 1. The van der Waals surface area contributed by atoms with Crippen LogP contribution in [0.3, 0.4) is 0 Å². The van der Waals surface area contributed by atoms with Crippen LogP contribution in [0.25, 0.3) is 0 Å². The molecule has 32 heavy (non-hydrogen) atoms. The van der Waals surface area contributed by atoms with Gasteiger partial charge in [0.2, 0.25) is 5.91 Å². The molecule has 0 aliphatic carbocycles. The molecule has 0 saturated heterocycles. The first kappa shape index (κ1) is 23.8. The highest BCUT2D eigenvalue weighted by atomic mass is 35.5. The predicted octanol–water partition coefficient (Wildman–Crippen LogP) is 5.91. The van der Waals surface area contributed by atoms with Gasteiger partial charge >= 0.3 is 0 Å². The molecule has 0 atom stereocenters. The maximum atomic E-state index is 13.5. The molecule has 3 rings (SSSR count). The van der Waals surface area contributed by atoms with E-state index in [0.29, 0.717) is 16.3 Å². The fraction of sp³-hybridized carbons (Fsp3) is 0.240. The van der Waals surface area contributed by atoms with Gasteiger partial charge in [-0.1, -0.05) is 61.8 Å². The van der Waals surface area contributed by atoms with Gasteiger partial charge in [0.05, 0.1) is 10.6 Å². The highest BCUT2D eigenvalue weighted by Gasteiger charge is 2.28. The van der Waals surface area contributed by atoms with Crippen LogP contribution in [0, 0.1) is 13.8 Å². The summed E-state index contributed by atoms with van der Waals surface area (Å²) in [7, 11) is -3.98. The van der Waals surface area contributed by atoms with Gasteiger partial charge in [-0.2, -0.15) is 0 Å². The van der Waals surface area contributed by atoms with E-state index in [4.69, 9.17) is 11.6 Å². The zero-order valence-electron chi connectivity index (χ0n) is 18.6. The summed E-state index contributed by atoms with van der Waals surface area (Å²) in [6.07, 6.45) is 0. The van der Waals surface area contributed by atoms with E-state index in [1.807, 2.05) is 39.0 Å².